The molecule has 6 heteroatoms. The van der Waals surface area contributed by atoms with Crippen molar-refractivity contribution in [2.24, 2.45) is 0 Å². The molecule has 2 aliphatic rings. The van der Waals surface area contributed by atoms with E-state index in [1.54, 1.807) is 0 Å². The zero-order chi connectivity index (χ0) is 19.0. The summed E-state index contributed by atoms with van der Waals surface area (Å²) in [5.74, 6) is 3.07. The highest BCUT2D eigenvalue weighted by atomic mass is 16.5. The number of rotatable bonds is 3. The van der Waals surface area contributed by atoms with Gasteiger partial charge in [-0.05, 0) is 18.6 Å². The molecule has 1 amide bonds. The maximum Gasteiger partial charge on any atom is 0.264 e. The third-order valence-electron chi connectivity index (χ3n) is 5.21. The highest BCUT2D eigenvalue weighted by Crippen LogP contribution is 2.29. The second-order valence-electron chi connectivity index (χ2n) is 7.61. The number of fused-ring (bicyclic) bond motifs is 1. The van der Waals surface area contributed by atoms with E-state index < -0.39 is 0 Å². The van der Waals surface area contributed by atoms with Crippen molar-refractivity contribution < 1.29 is 9.53 Å². The van der Waals surface area contributed by atoms with Crippen LogP contribution in [0.3, 0.4) is 0 Å². The molecule has 1 aromatic carbocycles. The normalized spacial score (nSPS) is 19.2. The van der Waals surface area contributed by atoms with Crippen LogP contribution < -0.4 is 9.64 Å². The molecule has 1 atom stereocenters. The van der Waals surface area contributed by atoms with Gasteiger partial charge in [0.1, 0.15) is 17.4 Å². The Kier molecular flexibility index (Phi) is 4.72. The Balaban J connectivity index is 1.39. The van der Waals surface area contributed by atoms with Crippen molar-refractivity contribution in [1.82, 2.24) is 14.9 Å². The van der Waals surface area contributed by atoms with Crippen LogP contribution in [-0.4, -0.2) is 53.1 Å². The number of amides is 1. The van der Waals surface area contributed by atoms with E-state index in [4.69, 9.17) is 9.72 Å². The summed E-state index contributed by atoms with van der Waals surface area (Å²) < 4.78 is 5.87. The fourth-order valence-electron chi connectivity index (χ4n) is 3.67. The third-order valence-corrected chi connectivity index (χ3v) is 5.21. The summed E-state index contributed by atoms with van der Waals surface area (Å²) in [5.41, 5.74) is 2.10. The van der Waals surface area contributed by atoms with Crippen molar-refractivity contribution in [3.63, 3.8) is 0 Å². The van der Waals surface area contributed by atoms with Crippen LogP contribution in [0.15, 0.2) is 30.3 Å². The van der Waals surface area contributed by atoms with Gasteiger partial charge >= 0.3 is 0 Å². The van der Waals surface area contributed by atoms with Gasteiger partial charge in [-0.1, -0.05) is 32.0 Å². The van der Waals surface area contributed by atoms with E-state index in [9.17, 15) is 4.79 Å². The van der Waals surface area contributed by atoms with E-state index in [-0.39, 0.29) is 12.0 Å². The first kappa shape index (κ1) is 17.8. The molecule has 3 heterocycles. The Hall–Kier alpha value is -2.63. The van der Waals surface area contributed by atoms with Crippen molar-refractivity contribution in [2.45, 2.75) is 39.2 Å². The van der Waals surface area contributed by atoms with Crippen LogP contribution in [0.4, 0.5) is 5.82 Å². The summed E-state index contributed by atoms with van der Waals surface area (Å²) in [4.78, 5) is 26.3. The van der Waals surface area contributed by atoms with Gasteiger partial charge in [0.15, 0.2) is 6.10 Å². The van der Waals surface area contributed by atoms with E-state index in [1.165, 1.54) is 0 Å². The van der Waals surface area contributed by atoms with Gasteiger partial charge in [-0.3, -0.25) is 4.79 Å². The van der Waals surface area contributed by atoms with Crippen molar-refractivity contribution >= 4 is 11.7 Å². The Labute approximate surface area is 160 Å². The number of para-hydroxylation sites is 1. The molecule has 4 rings (SSSR count). The number of benzene rings is 1. The molecular formula is C21H26N4O2. The zero-order valence-corrected chi connectivity index (χ0v) is 16.2. The molecule has 0 saturated carbocycles. The van der Waals surface area contributed by atoms with Crippen LogP contribution in [0, 0.1) is 6.92 Å². The lowest BCUT2D eigenvalue weighted by Gasteiger charge is -2.36. The number of carbonyl (C=O) groups excluding carboxylic acids is 1. The molecule has 6 nitrogen and oxygen atoms in total. The first-order valence-electron chi connectivity index (χ1n) is 9.65. The molecule has 2 aromatic rings. The summed E-state index contributed by atoms with van der Waals surface area (Å²) in [6.45, 7) is 9.15. The fourth-order valence-corrected chi connectivity index (χ4v) is 3.67. The van der Waals surface area contributed by atoms with Gasteiger partial charge < -0.3 is 14.5 Å². The minimum Gasteiger partial charge on any atom is -0.480 e. The Morgan fingerprint density at radius 3 is 2.59 bits per heavy atom. The Morgan fingerprint density at radius 1 is 1.15 bits per heavy atom. The van der Waals surface area contributed by atoms with Gasteiger partial charge in [0.25, 0.3) is 5.91 Å². The summed E-state index contributed by atoms with van der Waals surface area (Å²) in [6.07, 6.45) is 0.278. The van der Waals surface area contributed by atoms with Crippen molar-refractivity contribution in [2.75, 3.05) is 31.1 Å². The largest absolute Gasteiger partial charge is 0.480 e. The van der Waals surface area contributed by atoms with Crippen molar-refractivity contribution in [3.05, 3.63) is 47.4 Å². The summed E-state index contributed by atoms with van der Waals surface area (Å²) in [5, 5.41) is 0. The predicted molar refractivity (Wildman–Crippen MR) is 104 cm³/mol. The molecule has 1 aromatic heterocycles. The van der Waals surface area contributed by atoms with E-state index >= 15 is 0 Å². The number of aromatic nitrogens is 2. The van der Waals surface area contributed by atoms with Crippen LogP contribution in [-0.2, 0) is 11.2 Å². The lowest BCUT2D eigenvalue weighted by atomic mass is 10.1. The highest BCUT2D eigenvalue weighted by Gasteiger charge is 2.33. The third kappa shape index (κ3) is 3.61. The van der Waals surface area contributed by atoms with Gasteiger partial charge in [0.05, 0.1) is 0 Å². The molecular weight excluding hydrogens is 340 g/mol. The number of hydrogen-bond acceptors (Lipinski definition) is 5. The highest BCUT2D eigenvalue weighted by molar-refractivity contribution is 5.83. The van der Waals surface area contributed by atoms with Crippen LogP contribution in [0.5, 0.6) is 5.75 Å². The molecule has 1 fully saturated rings. The van der Waals surface area contributed by atoms with Gasteiger partial charge in [0, 0.05) is 50.3 Å². The van der Waals surface area contributed by atoms with Crippen molar-refractivity contribution in [1.29, 1.82) is 0 Å². The lowest BCUT2D eigenvalue weighted by molar-refractivity contribution is -0.138. The monoisotopic (exact) mass is 366 g/mol. The first-order chi connectivity index (χ1) is 13.0. The number of piperazine rings is 1. The van der Waals surface area contributed by atoms with Crippen LogP contribution in [0.2, 0.25) is 0 Å². The number of hydrogen-bond donors (Lipinski definition) is 0. The van der Waals surface area contributed by atoms with Gasteiger partial charge in [-0.25, -0.2) is 9.97 Å². The van der Waals surface area contributed by atoms with E-state index in [0.717, 1.165) is 41.7 Å². The van der Waals surface area contributed by atoms with Crippen LogP contribution in [0.1, 0.15) is 36.8 Å². The van der Waals surface area contributed by atoms with E-state index in [0.29, 0.717) is 25.4 Å². The molecule has 0 aliphatic carbocycles. The zero-order valence-electron chi connectivity index (χ0n) is 16.2. The molecule has 27 heavy (non-hydrogen) atoms. The summed E-state index contributed by atoms with van der Waals surface area (Å²) in [6, 6.07) is 9.93. The van der Waals surface area contributed by atoms with Crippen LogP contribution >= 0.6 is 0 Å². The predicted octanol–water partition coefficient (Wildman–Crippen LogP) is 2.56. The number of anilines is 1. The fraction of sp³-hybridized carbons (Fsp3) is 0.476. The average Bonchev–Trinajstić information content (AvgIpc) is 3.11. The Bertz CT molecular complexity index is 819. The number of nitrogens with zero attached hydrogens (tertiary/aromatic N) is 4. The maximum absolute atomic E-state index is 12.9. The first-order valence-corrected chi connectivity index (χ1v) is 9.65. The van der Waals surface area contributed by atoms with Crippen LogP contribution in [0.25, 0.3) is 0 Å². The molecule has 0 N–H and O–H groups in total. The molecule has 0 radical (unpaired) electrons. The minimum atomic E-state index is -0.386. The number of carbonyl (C=O) groups is 1. The number of aryl methyl sites for hydroxylation is 1. The molecule has 0 unspecified atom stereocenters. The number of ether oxygens (including phenoxy) is 1. The standard InChI is InChI=1S/C21H26N4O2/c1-14(2)20-22-15(3)12-19(23-20)24-8-10-25(11-9-24)21(26)18-13-16-6-4-5-7-17(16)27-18/h4-7,12,14,18H,8-11,13H2,1-3H3/t18-/m0/s1. The maximum atomic E-state index is 12.9. The smallest absolute Gasteiger partial charge is 0.264 e. The Morgan fingerprint density at radius 2 is 1.89 bits per heavy atom. The van der Waals surface area contributed by atoms with Gasteiger partial charge in [-0.2, -0.15) is 0 Å². The van der Waals surface area contributed by atoms with Gasteiger partial charge in [0.2, 0.25) is 0 Å². The van der Waals surface area contributed by atoms with Crippen molar-refractivity contribution in [3.8, 4) is 5.75 Å². The van der Waals surface area contributed by atoms with E-state index in [2.05, 4.69) is 23.7 Å². The molecule has 0 spiro atoms. The quantitative estimate of drug-likeness (QED) is 0.836. The second kappa shape index (κ2) is 7.18. The SMILES string of the molecule is Cc1cc(N2CCN(C(=O)[C@@H]3Cc4ccccc4O3)CC2)nc(C(C)C)n1. The topological polar surface area (TPSA) is 58.6 Å². The lowest BCUT2D eigenvalue weighted by Crippen LogP contribution is -2.52. The van der Waals surface area contributed by atoms with Gasteiger partial charge in [-0.15, -0.1) is 0 Å². The summed E-state index contributed by atoms with van der Waals surface area (Å²) >= 11 is 0. The molecule has 2 aliphatic heterocycles. The minimum absolute atomic E-state index is 0.0904. The summed E-state index contributed by atoms with van der Waals surface area (Å²) in [7, 11) is 0. The molecule has 1 saturated heterocycles. The molecule has 142 valence electrons. The second-order valence-corrected chi connectivity index (χ2v) is 7.61. The molecule has 0 bridgehead atoms. The van der Waals surface area contributed by atoms with E-state index in [1.807, 2.05) is 42.2 Å². The average molecular weight is 366 g/mol.